The van der Waals surface area contributed by atoms with E-state index < -0.39 is 0 Å². The van der Waals surface area contributed by atoms with Crippen LogP contribution < -0.4 is 9.64 Å². The summed E-state index contributed by atoms with van der Waals surface area (Å²) in [7, 11) is 0. The normalized spacial score (nSPS) is 16.1. The first-order valence-corrected chi connectivity index (χ1v) is 11.2. The molecule has 0 saturated carbocycles. The van der Waals surface area contributed by atoms with Gasteiger partial charge in [0.25, 0.3) is 0 Å². The maximum Gasteiger partial charge on any atom is 0.227 e. The molecule has 0 bridgehead atoms. The van der Waals surface area contributed by atoms with Crippen molar-refractivity contribution in [3.05, 3.63) is 89.2 Å². The van der Waals surface area contributed by atoms with Crippen LogP contribution in [-0.4, -0.2) is 28.6 Å². The molecule has 3 aromatic carbocycles. The average Bonchev–Trinajstić information content (AvgIpc) is 3.35. The highest BCUT2D eigenvalue weighted by Gasteiger charge is 2.34. The summed E-state index contributed by atoms with van der Waals surface area (Å²) in [5.74, 6) is 1.87. The van der Waals surface area contributed by atoms with E-state index in [9.17, 15) is 4.79 Å². The molecule has 32 heavy (non-hydrogen) atoms. The van der Waals surface area contributed by atoms with Crippen LogP contribution in [0.15, 0.2) is 72.8 Å². The fourth-order valence-electron chi connectivity index (χ4n) is 4.41. The van der Waals surface area contributed by atoms with E-state index in [4.69, 9.17) is 21.3 Å². The molecule has 1 atom stereocenters. The lowest BCUT2D eigenvalue weighted by Gasteiger charge is -2.18. The summed E-state index contributed by atoms with van der Waals surface area (Å²) < 4.78 is 7.75. The maximum atomic E-state index is 12.9. The number of para-hydroxylation sites is 2. The molecule has 0 radical (unpaired) electrons. The summed E-state index contributed by atoms with van der Waals surface area (Å²) in [6, 6.07) is 23.7. The van der Waals surface area contributed by atoms with E-state index in [1.807, 2.05) is 72.5 Å². The molecule has 1 aliphatic heterocycles. The van der Waals surface area contributed by atoms with Gasteiger partial charge in [0.2, 0.25) is 5.91 Å². The number of nitrogens with zero attached hydrogens (tertiary/aromatic N) is 3. The molecular weight excluding hydrogens is 422 g/mol. The van der Waals surface area contributed by atoms with Crippen LogP contribution in [0.4, 0.5) is 5.69 Å². The molecule has 0 unspecified atom stereocenters. The van der Waals surface area contributed by atoms with Gasteiger partial charge in [-0.1, -0.05) is 35.9 Å². The number of imidazole rings is 1. The highest BCUT2D eigenvalue weighted by Crippen LogP contribution is 2.34. The van der Waals surface area contributed by atoms with Crippen molar-refractivity contribution in [1.82, 2.24) is 9.55 Å². The van der Waals surface area contributed by atoms with E-state index in [0.717, 1.165) is 33.9 Å². The summed E-state index contributed by atoms with van der Waals surface area (Å²) >= 11 is 6.22. The fraction of sp³-hybridized carbons (Fsp3) is 0.231. The number of carbonyl (C=O) groups excluding carboxylic acids is 1. The van der Waals surface area contributed by atoms with Gasteiger partial charge < -0.3 is 14.2 Å². The van der Waals surface area contributed by atoms with Gasteiger partial charge in [-0.05, 0) is 61.0 Å². The number of amides is 1. The third-order valence-corrected chi connectivity index (χ3v) is 6.10. The van der Waals surface area contributed by atoms with Crippen LogP contribution in [0.2, 0.25) is 5.02 Å². The Labute approximate surface area is 192 Å². The molecular formula is C26H24ClN3O2. The zero-order valence-corrected chi connectivity index (χ0v) is 18.6. The lowest BCUT2D eigenvalue weighted by Crippen LogP contribution is -2.24. The van der Waals surface area contributed by atoms with Gasteiger partial charge in [0.05, 0.1) is 17.6 Å². The predicted molar refractivity (Wildman–Crippen MR) is 128 cm³/mol. The van der Waals surface area contributed by atoms with Crippen molar-refractivity contribution >= 4 is 34.2 Å². The Morgan fingerprint density at radius 1 is 1.06 bits per heavy atom. The second-order valence-electron chi connectivity index (χ2n) is 8.01. The Balaban J connectivity index is 1.47. The minimum atomic E-state index is 0.0145. The molecule has 5 rings (SSSR count). The highest BCUT2D eigenvalue weighted by molar-refractivity contribution is 6.30. The Morgan fingerprint density at radius 2 is 1.88 bits per heavy atom. The van der Waals surface area contributed by atoms with E-state index in [2.05, 4.69) is 16.7 Å². The molecule has 1 aliphatic rings. The first kappa shape index (κ1) is 20.6. The minimum Gasteiger partial charge on any atom is -0.494 e. The smallest absolute Gasteiger partial charge is 0.227 e. The standard InChI is InChI=1S/C26H24ClN3O2/c1-2-32-22-12-10-21(11-13-22)29-17-19(15-25(29)31)26-28-23-8-3-4-9-24(23)30(26)16-18-6-5-7-20(27)14-18/h3-14,19H,2,15-17H2,1H3/t19-/m1/s1. The Hall–Kier alpha value is -3.31. The van der Waals surface area contributed by atoms with Gasteiger partial charge in [0.1, 0.15) is 11.6 Å². The van der Waals surface area contributed by atoms with E-state index >= 15 is 0 Å². The van der Waals surface area contributed by atoms with Crippen LogP contribution in [0.1, 0.15) is 30.7 Å². The third kappa shape index (κ3) is 3.96. The molecule has 0 N–H and O–H groups in total. The summed E-state index contributed by atoms with van der Waals surface area (Å²) in [6.45, 7) is 3.83. The zero-order valence-electron chi connectivity index (χ0n) is 17.9. The van der Waals surface area contributed by atoms with Gasteiger partial charge in [-0.2, -0.15) is 0 Å². The number of hydrogen-bond acceptors (Lipinski definition) is 3. The molecule has 5 nitrogen and oxygen atoms in total. The van der Waals surface area contributed by atoms with Crippen molar-refractivity contribution in [3.63, 3.8) is 0 Å². The van der Waals surface area contributed by atoms with E-state index in [1.165, 1.54) is 0 Å². The van der Waals surface area contributed by atoms with Crippen LogP contribution in [0.25, 0.3) is 11.0 Å². The summed E-state index contributed by atoms with van der Waals surface area (Å²) in [6.07, 6.45) is 0.437. The van der Waals surface area contributed by atoms with Crippen molar-refractivity contribution in [2.45, 2.75) is 25.8 Å². The molecule has 4 aromatic rings. The molecule has 2 heterocycles. The molecule has 162 valence electrons. The van der Waals surface area contributed by atoms with Crippen molar-refractivity contribution in [1.29, 1.82) is 0 Å². The Kier molecular flexibility index (Phi) is 5.58. The lowest BCUT2D eigenvalue weighted by molar-refractivity contribution is -0.117. The molecule has 1 fully saturated rings. The number of benzene rings is 3. The summed E-state index contributed by atoms with van der Waals surface area (Å²) in [5, 5.41) is 0.714. The van der Waals surface area contributed by atoms with Crippen LogP contribution in [-0.2, 0) is 11.3 Å². The van der Waals surface area contributed by atoms with Crippen molar-refractivity contribution in [2.75, 3.05) is 18.1 Å². The predicted octanol–water partition coefficient (Wildman–Crippen LogP) is 5.66. The fourth-order valence-corrected chi connectivity index (χ4v) is 4.62. The number of aromatic nitrogens is 2. The van der Waals surface area contributed by atoms with Gasteiger partial charge in [0, 0.05) is 36.1 Å². The number of anilines is 1. The molecule has 6 heteroatoms. The second-order valence-corrected chi connectivity index (χ2v) is 8.44. The molecule has 0 spiro atoms. The van der Waals surface area contributed by atoms with E-state index in [1.54, 1.807) is 0 Å². The van der Waals surface area contributed by atoms with Crippen molar-refractivity contribution in [3.8, 4) is 5.75 Å². The largest absolute Gasteiger partial charge is 0.494 e. The van der Waals surface area contributed by atoms with Crippen LogP contribution >= 0.6 is 11.6 Å². The number of halogens is 1. The number of ether oxygens (including phenoxy) is 1. The van der Waals surface area contributed by atoms with Gasteiger partial charge in [-0.15, -0.1) is 0 Å². The van der Waals surface area contributed by atoms with Gasteiger partial charge in [0.15, 0.2) is 0 Å². The van der Waals surface area contributed by atoms with E-state index in [0.29, 0.717) is 31.1 Å². The van der Waals surface area contributed by atoms with E-state index in [-0.39, 0.29) is 11.8 Å². The first-order chi connectivity index (χ1) is 15.6. The Bertz CT molecular complexity index is 1270. The molecule has 1 aromatic heterocycles. The van der Waals surface area contributed by atoms with Crippen LogP contribution in [0.5, 0.6) is 5.75 Å². The van der Waals surface area contributed by atoms with Crippen LogP contribution in [0, 0.1) is 0 Å². The number of carbonyl (C=O) groups is 1. The minimum absolute atomic E-state index is 0.0145. The topological polar surface area (TPSA) is 47.4 Å². The summed E-state index contributed by atoms with van der Waals surface area (Å²) in [5.41, 5.74) is 4.00. The van der Waals surface area contributed by atoms with Crippen molar-refractivity contribution < 1.29 is 9.53 Å². The van der Waals surface area contributed by atoms with Gasteiger partial charge >= 0.3 is 0 Å². The molecule has 1 amide bonds. The number of rotatable bonds is 6. The SMILES string of the molecule is CCOc1ccc(N2C[C@H](c3nc4ccccc4n3Cc3cccc(Cl)c3)CC2=O)cc1. The quantitative estimate of drug-likeness (QED) is 0.385. The van der Waals surface area contributed by atoms with Gasteiger partial charge in [-0.3, -0.25) is 4.79 Å². The molecule has 0 aliphatic carbocycles. The zero-order chi connectivity index (χ0) is 22.1. The lowest BCUT2D eigenvalue weighted by atomic mass is 10.1. The maximum absolute atomic E-state index is 12.9. The Morgan fingerprint density at radius 3 is 2.66 bits per heavy atom. The average molecular weight is 446 g/mol. The van der Waals surface area contributed by atoms with Crippen LogP contribution in [0.3, 0.4) is 0 Å². The van der Waals surface area contributed by atoms with Gasteiger partial charge in [-0.25, -0.2) is 4.98 Å². The number of hydrogen-bond donors (Lipinski definition) is 0. The number of fused-ring (bicyclic) bond motifs is 1. The van der Waals surface area contributed by atoms with Crippen molar-refractivity contribution in [2.24, 2.45) is 0 Å². The highest BCUT2D eigenvalue weighted by atomic mass is 35.5. The third-order valence-electron chi connectivity index (χ3n) is 5.86. The summed E-state index contributed by atoms with van der Waals surface area (Å²) in [4.78, 5) is 19.7. The monoisotopic (exact) mass is 445 g/mol. The molecule has 1 saturated heterocycles. The first-order valence-electron chi connectivity index (χ1n) is 10.8. The second kappa shape index (κ2) is 8.67.